The van der Waals surface area contributed by atoms with Crippen LogP contribution in [-0.2, 0) is 4.74 Å². The average molecular weight is 346 g/mol. The maximum Gasteiger partial charge on any atom is 0.392 e. The first-order valence-corrected chi connectivity index (χ1v) is 4.84. The molecule has 0 aliphatic carbocycles. The molecule has 0 aromatic rings. The molecule has 1 nitrogen and oxygen atoms in total. The molecule has 21 heavy (non-hydrogen) atoms. The minimum absolute atomic E-state index is 2.22. The number of halogens is 12. The van der Waals surface area contributed by atoms with Crippen molar-refractivity contribution in [1.82, 2.24) is 0 Å². The maximum atomic E-state index is 12.6. The Balaban J connectivity index is 4.89. The topological polar surface area (TPSA) is 9.23 Å². The molecule has 0 aliphatic rings. The standard InChI is InChI=1S/C8H6F12O/c9-3(1-5(11,12)13)7(17,18)21-8(19,20)4(10)2-6(14,15)16/h3-4H,1-2H2. The summed E-state index contributed by atoms with van der Waals surface area (Å²) in [5, 5.41) is 0. The Morgan fingerprint density at radius 1 is 0.571 bits per heavy atom. The van der Waals surface area contributed by atoms with Gasteiger partial charge >= 0.3 is 24.6 Å². The highest BCUT2D eigenvalue weighted by atomic mass is 19.4. The highest BCUT2D eigenvalue weighted by Gasteiger charge is 2.58. The lowest BCUT2D eigenvalue weighted by atomic mass is 10.2. The Labute approximate surface area is 108 Å². The van der Waals surface area contributed by atoms with E-state index in [2.05, 4.69) is 4.74 Å². The molecular formula is C8H6F12O. The third kappa shape index (κ3) is 7.62. The molecule has 0 aromatic heterocycles. The van der Waals surface area contributed by atoms with Crippen molar-refractivity contribution in [2.45, 2.75) is 49.8 Å². The van der Waals surface area contributed by atoms with Gasteiger partial charge < -0.3 is 0 Å². The van der Waals surface area contributed by atoms with Gasteiger partial charge in [-0.05, 0) is 0 Å². The van der Waals surface area contributed by atoms with E-state index >= 15 is 0 Å². The van der Waals surface area contributed by atoms with E-state index in [-0.39, 0.29) is 0 Å². The highest BCUT2D eigenvalue weighted by molar-refractivity contribution is 4.77. The number of alkyl halides is 12. The fourth-order valence-electron chi connectivity index (χ4n) is 0.953. The molecule has 0 saturated heterocycles. The van der Waals surface area contributed by atoms with E-state index in [0.29, 0.717) is 0 Å². The van der Waals surface area contributed by atoms with Crippen LogP contribution in [0.15, 0.2) is 0 Å². The van der Waals surface area contributed by atoms with Gasteiger partial charge in [-0.25, -0.2) is 8.78 Å². The number of hydrogen-bond donors (Lipinski definition) is 0. The van der Waals surface area contributed by atoms with E-state index in [1.54, 1.807) is 0 Å². The van der Waals surface area contributed by atoms with Gasteiger partial charge in [0.05, 0.1) is 12.8 Å². The van der Waals surface area contributed by atoms with Crippen LogP contribution in [-0.4, -0.2) is 36.9 Å². The molecule has 2 atom stereocenters. The summed E-state index contributed by atoms with van der Waals surface area (Å²) in [4.78, 5) is 0. The molecule has 2 unspecified atom stereocenters. The van der Waals surface area contributed by atoms with Gasteiger partial charge in [0.1, 0.15) is 0 Å². The van der Waals surface area contributed by atoms with Crippen LogP contribution in [0.1, 0.15) is 12.8 Å². The summed E-state index contributed by atoms with van der Waals surface area (Å²) < 4.78 is 147. The summed E-state index contributed by atoms with van der Waals surface area (Å²) in [6.45, 7) is 0. The Kier molecular flexibility index (Phi) is 5.83. The summed E-state index contributed by atoms with van der Waals surface area (Å²) in [6, 6.07) is 0. The molecule has 0 aromatic carbocycles. The van der Waals surface area contributed by atoms with Crippen molar-refractivity contribution < 1.29 is 57.4 Å². The van der Waals surface area contributed by atoms with Crippen LogP contribution in [0.2, 0.25) is 0 Å². The molecule has 0 aliphatic heterocycles. The molecular weight excluding hydrogens is 340 g/mol. The average Bonchev–Trinajstić information content (AvgIpc) is 2.09. The molecule has 0 spiro atoms. The first-order valence-electron chi connectivity index (χ1n) is 4.84. The zero-order valence-electron chi connectivity index (χ0n) is 9.51. The Morgan fingerprint density at radius 3 is 1.00 bits per heavy atom. The highest BCUT2D eigenvalue weighted by Crippen LogP contribution is 2.40. The first-order chi connectivity index (χ1) is 8.96. The normalized spacial score (nSPS) is 17.7. The van der Waals surface area contributed by atoms with E-state index < -0.39 is 49.8 Å². The molecule has 0 fully saturated rings. The lowest BCUT2D eigenvalue weighted by Crippen LogP contribution is -2.47. The third-order valence-corrected chi connectivity index (χ3v) is 1.82. The van der Waals surface area contributed by atoms with Crippen LogP contribution in [0.25, 0.3) is 0 Å². The van der Waals surface area contributed by atoms with Crippen LogP contribution < -0.4 is 0 Å². The van der Waals surface area contributed by atoms with E-state index in [4.69, 9.17) is 0 Å². The van der Waals surface area contributed by atoms with Crippen molar-refractivity contribution in [2.24, 2.45) is 0 Å². The molecule has 0 heterocycles. The number of hydrogen-bond acceptors (Lipinski definition) is 1. The molecule has 0 amide bonds. The van der Waals surface area contributed by atoms with Gasteiger partial charge in [0.15, 0.2) is 12.3 Å². The number of ether oxygens (including phenoxy) is 1. The van der Waals surface area contributed by atoms with Gasteiger partial charge in [-0.3, -0.25) is 4.74 Å². The van der Waals surface area contributed by atoms with Gasteiger partial charge in [0.25, 0.3) is 0 Å². The van der Waals surface area contributed by atoms with Crippen LogP contribution in [0.5, 0.6) is 0 Å². The van der Waals surface area contributed by atoms with Gasteiger partial charge in [-0.1, -0.05) is 0 Å². The van der Waals surface area contributed by atoms with Crippen molar-refractivity contribution in [3.8, 4) is 0 Å². The van der Waals surface area contributed by atoms with E-state index in [9.17, 15) is 52.7 Å². The Morgan fingerprint density at radius 2 is 0.810 bits per heavy atom. The molecule has 0 N–H and O–H groups in total. The van der Waals surface area contributed by atoms with Crippen LogP contribution in [0.4, 0.5) is 52.7 Å². The van der Waals surface area contributed by atoms with Crippen molar-refractivity contribution in [1.29, 1.82) is 0 Å². The summed E-state index contributed by atoms with van der Waals surface area (Å²) in [5.74, 6) is 0. The second kappa shape index (κ2) is 6.08. The van der Waals surface area contributed by atoms with Crippen molar-refractivity contribution >= 4 is 0 Å². The Hall–Kier alpha value is -0.880. The van der Waals surface area contributed by atoms with Crippen molar-refractivity contribution in [2.75, 3.05) is 0 Å². The molecule has 13 heteroatoms. The van der Waals surface area contributed by atoms with Gasteiger partial charge in [-0.15, -0.1) is 0 Å². The van der Waals surface area contributed by atoms with Crippen molar-refractivity contribution in [3.63, 3.8) is 0 Å². The van der Waals surface area contributed by atoms with Crippen LogP contribution >= 0.6 is 0 Å². The largest absolute Gasteiger partial charge is 0.392 e. The molecule has 0 rings (SSSR count). The fourth-order valence-corrected chi connectivity index (χ4v) is 0.953. The number of rotatable bonds is 6. The monoisotopic (exact) mass is 346 g/mol. The zero-order valence-corrected chi connectivity index (χ0v) is 9.51. The SMILES string of the molecule is FC(CC(F)(F)F)C(F)(F)OC(F)(F)C(F)CC(F)(F)F. The van der Waals surface area contributed by atoms with Crippen LogP contribution in [0.3, 0.4) is 0 Å². The van der Waals surface area contributed by atoms with Gasteiger partial charge in [0, 0.05) is 0 Å². The predicted molar refractivity (Wildman–Crippen MR) is 42.1 cm³/mol. The van der Waals surface area contributed by atoms with Crippen LogP contribution in [0, 0.1) is 0 Å². The minimum Gasteiger partial charge on any atom is -0.251 e. The molecule has 0 radical (unpaired) electrons. The Bertz CT molecular complexity index is 299. The quantitative estimate of drug-likeness (QED) is 0.630. The smallest absolute Gasteiger partial charge is 0.251 e. The second-order valence-corrected chi connectivity index (χ2v) is 3.80. The fraction of sp³-hybridized carbons (Fsp3) is 1.00. The third-order valence-electron chi connectivity index (χ3n) is 1.82. The predicted octanol–water partition coefficient (Wildman–Crippen LogP) is 4.77. The zero-order chi connectivity index (χ0) is 17.3. The summed E-state index contributed by atoms with van der Waals surface area (Å²) in [7, 11) is 0. The van der Waals surface area contributed by atoms with Crippen molar-refractivity contribution in [3.05, 3.63) is 0 Å². The van der Waals surface area contributed by atoms with Gasteiger partial charge in [-0.2, -0.15) is 43.9 Å². The maximum absolute atomic E-state index is 12.6. The minimum atomic E-state index is -5.84. The second-order valence-electron chi connectivity index (χ2n) is 3.80. The molecule has 128 valence electrons. The lowest BCUT2D eigenvalue weighted by Gasteiger charge is -2.28. The summed E-state index contributed by atoms with van der Waals surface area (Å²) in [6.07, 6.45) is -37.2. The summed E-state index contributed by atoms with van der Waals surface area (Å²) >= 11 is 0. The lowest BCUT2D eigenvalue weighted by molar-refractivity contribution is -0.413. The molecule has 0 bridgehead atoms. The molecule has 0 saturated carbocycles. The summed E-state index contributed by atoms with van der Waals surface area (Å²) in [5.41, 5.74) is 0. The van der Waals surface area contributed by atoms with Gasteiger partial charge in [0.2, 0.25) is 0 Å². The van der Waals surface area contributed by atoms with E-state index in [1.165, 1.54) is 0 Å². The van der Waals surface area contributed by atoms with E-state index in [0.717, 1.165) is 0 Å². The first kappa shape index (κ1) is 20.1. The van der Waals surface area contributed by atoms with E-state index in [1.807, 2.05) is 0 Å².